The minimum atomic E-state index is -0.683. The first-order valence-corrected chi connectivity index (χ1v) is 2.07. The second kappa shape index (κ2) is 3.59. The van der Waals surface area contributed by atoms with Crippen LogP contribution in [-0.4, -0.2) is 12.6 Å². The van der Waals surface area contributed by atoms with Gasteiger partial charge >= 0.3 is 0 Å². The van der Waals surface area contributed by atoms with Gasteiger partial charge in [-0.1, -0.05) is 0 Å². The quantitative estimate of drug-likeness (QED) is 0.515. The van der Waals surface area contributed by atoms with Crippen molar-refractivity contribution in [2.75, 3.05) is 6.67 Å². The molecule has 0 heterocycles. The summed E-state index contributed by atoms with van der Waals surface area (Å²) >= 11 is 0. The molecule has 1 N–H and O–H groups in total. The van der Waals surface area contributed by atoms with Gasteiger partial charge in [-0.05, 0) is 6.42 Å². The minimum Gasteiger partial charge on any atom is -0.273 e. The molecule has 0 rings (SSSR count). The molecular weight excluding hydrogens is 97.0 g/mol. The van der Waals surface area contributed by atoms with Crippen LogP contribution in [0.25, 0.3) is 0 Å². The number of hydrogen-bond donors (Lipinski definition) is 0. The summed E-state index contributed by atoms with van der Waals surface area (Å²) in [7, 11) is 0. The Morgan fingerprint density at radius 1 is 1.71 bits per heavy atom. The van der Waals surface area contributed by atoms with E-state index in [1.807, 2.05) is 0 Å². The van der Waals surface area contributed by atoms with E-state index in [2.05, 4.69) is 0 Å². The van der Waals surface area contributed by atoms with Crippen LogP contribution in [0.3, 0.4) is 0 Å². The molecule has 0 unspecified atom stereocenters. The molecular formula is C4H7FNO. The first-order valence-electron chi connectivity index (χ1n) is 2.07. The van der Waals surface area contributed by atoms with Crippen molar-refractivity contribution in [3.05, 3.63) is 0 Å². The van der Waals surface area contributed by atoms with E-state index >= 15 is 0 Å². The molecule has 0 aliphatic rings. The minimum absolute atomic E-state index is 0.0521. The molecule has 0 aliphatic carbocycles. The molecule has 0 aromatic heterocycles. The van der Waals surface area contributed by atoms with Crippen LogP contribution >= 0.6 is 0 Å². The summed E-state index contributed by atoms with van der Waals surface area (Å²) < 4.78 is 11.1. The van der Waals surface area contributed by atoms with Crippen molar-refractivity contribution in [1.82, 2.24) is 5.73 Å². The van der Waals surface area contributed by atoms with Crippen molar-refractivity contribution in [2.24, 2.45) is 0 Å². The highest BCUT2D eigenvalue weighted by molar-refractivity contribution is 5.72. The van der Waals surface area contributed by atoms with Gasteiger partial charge in [0.25, 0.3) is 0 Å². The van der Waals surface area contributed by atoms with Crippen LogP contribution in [0, 0.1) is 0 Å². The Labute approximate surface area is 41.5 Å². The second-order valence-electron chi connectivity index (χ2n) is 1.22. The lowest BCUT2D eigenvalue weighted by atomic mass is 10.3. The predicted molar refractivity (Wildman–Crippen MR) is 23.3 cm³/mol. The van der Waals surface area contributed by atoms with Crippen LogP contribution in [0.4, 0.5) is 4.39 Å². The molecule has 41 valence electrons. The molecule has 0 fully saturated rings. The fraction of sp³-hybridized carbons (Fsp3) is 0.750. The number of hydrogen-bond acceptors (Lipinski definition) is 1. The average molecular weight is 104 g/mol. The molecule has 0 aliphatic heterocycles. The van der Waals surface area contributed by atoms with Gasteiger partial charge in [-0.3, -0.25) is 14.9 Å². The standard InChI is InChI=1S/C4H7FNO/c5-3-1-2-4(6)7/h6H,1-3H2. The molecule has 0 saturated heterocycles. The summed E-state index contributed by atoms with van der Waals surface area (Å²) in [5.74, 6) is -0.683. The molecule has 3 heteroatoms. The Balaban J connectivity index is 2.82. The van der Waals surface area contributed by atoms with Gasteiger partial charge in [-0.15, -0.1) is 0 Å². The summed E-state index contributed by atoms with van der Waals surface area (Å²) in [5, 5.41) is 0. The predicted octanol–water partition coefficient (Wildman–Crippen LogP) is 0.546. The fourth-order valence-electron chi connectivity index (χ4n) is 0.227. The molecule has 0 saturated carbocycles. The lowest BCUT2D eigenvalue weighted by Gasteiger charge is -1.83. The van der Waals surface area contributed by atoms with Crippen LogP contribution in [0.1, 0.15) is 12.8 Å². The van der Waals surface area contributed by atoms with E-state index in [9.17, 15) is 9.18 Å². The van der Waals surface area contributed by atoms with E-state index < -0.39 is 12.6 Å². The van der Waals surface area contributed by atoms with E-state index in [4.69, 9.17) is 5.73 Å². The molecule has 1 radical (unpaired) electrons. The zero-order valence-corrected chi connectivity index (χ0v) is 3.91. The zero-order valence-electron chi connectivity index (χ0n) is 3.91. The second-order valence-corrected chi connectivity index (χ2v) is 1.22. The highest BCUT2D eigenvalue weighted by atomic mass is 19.1. The molecule has 0 atom stereocenters. The monoisotopic (exact) mass is 104 g/mol. The summed E-state index contributed by atoms with van der Waals surface area (Å²) in [6, 6.07) is 0. The number of rotatable bonds is 3. The van der Waals surface area contributed by atoms with Crippen LogP contribution < -0.4 is 5.73 Å². The third-order valence-corrected chi connectivity index (χ3v) is 0.537. The Morgan fingerprint density at radius 2 is 2.29 bits per heavy atom. The maximum Gasteiger partial charge on any atom is 0.238 e. The zero-order chi connectivity index (χ0) is 5.70. The number of carbonyl (C=O) groups is 1. The topological polar surface area (TPSA) is 40.9 Å². The average Bonchev–Trinajstić information content (AvgIpc) is 1.61. The Hall–Kier alpha value is -0.600. The molecule has 7 heavy (non-hydrogen) atoms. The van der Waals surface area contributed by atoms with Crippen molar-refractivity contribution < 1.29 is 9.18 Å². The summed E-state index contributed by atoms with van der Waals surface area (Å²) in [5.41, 5.74) is 6.28. The number of nitrogens with one attached hydrogen (secondary N) is 1. The number of amides is 1. The van der Waals surface area contributed by atoms with E-state index in [0.29, 0.717) is 0 Å². The molecule has 2 nitrogen and oxygen atoms in total. The first-order chi connectivity index (χ1) is 3.27. The van der Waals surface area contributed by atoms with Crippen LogP contribution in [0.5, 0.6) is 0 Å². The van der Waals surface area contributed by atoms with Gasteiger partial charge in [0.2, 0.25) is 5.91 Å². The van der Waals surface area contributed by atoms with Gasteiger partial charge in [0, 0.05) is 6.42 Å². The maximum atomic E-state index is 11.1. The van der Waals surface area contributed by atoms with Gasteiger partial charge < -0.3 is 0 Å². The van der Waals surface area contributed by atoms with Gasteiger partial charge in [0.05, 0.1) is 6.67 Å². The van der Waals surface area contributed by atoms with Crippen molar-refractivity contribution in [3.8, 4) is 0 Å². The van der Waals surface area contributed by atoms with Crippen LogP contribution in [-0.2, 0) is 4.79 Å². The number of halogens is 1. The Bertz CT molecular complexity index is 64.7. The molecule has 0 bridgehead atoms. The molecule has 0 spiro atoms. The van der Waals surface area contributed by atoms with Gasteiger partial charge in [0.1, 0.15) is 0 Å². The Kier molecular flexibility index (Phi) is 3.28. The molecule has 0 aromatic carbocycles. The number of alkyl halides is 1. The molecule has 1 amide bonds. The van der Waals surface area contributed by atoms with Crippen molar-refractivity contribution in [3.63, 3.8) is 0 Å². The summed E-state index contributed by atoms with van der Waals surface area (Å²) in [6.45, 7) is -0.495. The van der Waals surface area contributed by atoms with E-state index in [1.165, 1.54) is 0 Å². The normalized spacial score (nSPS) is 8.71. The molecule has 0 aromatic rings. The van der Waals surface area contributed by atoms with Crippen molar-refractivity contribution in [2.45, 2.75) is 12.8 Å². The van der Waals surface area contributed by atoms with Crippen LogP contribution in [0.15, 0.2) is 0 Å². The summed E-state index contributed by atoms with van der Waals surface area (Å²) in [6.07, 6.45) is 0.249. The third-order valence-electron chi connectivity index (χ3n) is 0.537. The first kappa shape index (κ1) is 6.40. The summed E-state index contributed by atoms with van der Waals surface area (Å²) in [4.78, 5) is 9.70. The maximum absolute atomic E-state index is 11.1. The van der Waals surface area contributed by atoms with Crippen molar-refractivity contribution >= 4 is 5.91 Å². The lowest BCUT2D eigenvalue weighted by Crippen LogP contribution is -1.96. The van der Waals surface area contributed by atoms with Crippen molar-refractivity contribution in [1.29, 1.82) is 0 Å². The van der Waals surface area contributed by atoms with E-state index in [-0.39, 0.29) is 12.8 Å². The lowest BCUT2D eigenvalue weighted by molar-refractivity contribution is -0.118. The van der Waals surface area contributed by atoms with E-state index in [0.717, 1.165) is 0 Å². The van der Waals surface area contributed by atoms with Crippen LogP contribution in [0.2, 0.25) is 0 Å². The highest BCUT2D eigenvalue weighted by Gasteiger charge is 1.91. The number of carbonyl (C=O) groups excluding carboxylic acids is 1. The van der Waals surface area contributed by atoms with E-state index in [1.54, 1.807) is 0 Å². The largest absolute Gasteiger partial charge is 0.273 e. The fourth-order valence-corrected chi connectivity index (χ4v) is 0.227. The smallest absolute Gasteiger partial charge is 0.238 e. The van der Waals surface area contributed by atoms with Gasteiger partial charge in [-0.25, -0.2) is 0 Å². The highest BCUT2D eigenvalue weighted by Crippen LogP contribution is 1.86. The van der Waals surface area contributed by atoms with Gasteiger partial charge in [-0.2, -0.15) is 0 Å². The third kappa shape index (κ3) is 5.40. The van der Waals surface area contributed by atoms with Gasteiger partial charge in [0.15, 0.2) is 0 Å². The Morgan fingerprint density at radius 3 is 2.43 bits per heavy atom. The SMILES string of the molecule is [NH]C(=O)CCCF.